The van der Waals surface area contributed by atoms with Gasteiger partial charge in [-0.25, -0.2) is 0 Å². The van der Waals surface area contributed by atoms with E-state index >= 15 is 0 Å². The summed E-state index contributed by atoms with van der Waals surface area (Å²) in [5.41, 5.74) is 4.53. The van der Waals surface area contributed by atoms with Crippen LogP contribution in [0.2, 0.25) is 0 Å². The third-order valence-corrected chi connectivity index (χ3v) is 6.48. The van der Waals surface area contributed by atoms with Crippen molar-refractivity contribution in [2.75, 3.05) is 26.5 Å². The lowest BCUT2D eigenvalue weighted by molar-refractivity contribution is 0.200. The molecule has 0 spiro atoms. The average molecular weight is 486 g/mol. The van der Waals surface area contributed by atoms with Crippen molar-refractivity contribution in [3.05, 3.63) is 83.7 Å². The minimum atomic E-state index is 0.109. The lowest BCUT2D eigenvalue weighted by Crippen LogP contribution is -2.29. The van der Waals surface area contributed by atoms with Gasteiger partial charge in [0.1, 0.15) is 0 Å². The Morgan fingerprint density at radius 1 is 1.03 bits per heavy atom. The molecule has 7 heteroatoms. The number of nitrogens with one attached hydrogen (secondary N) is 2. The van der Waals surface area contributed by atoms with Crippen LogP contribution in [0.25, 0.3) is 0 Å². The molecular formula is C29H35N5O2. The molecule has 1 saturated carbocycles. The number of guanidine groups is 1. The summed E-state index contributed by atoms with van der Waals surface area (Å²) in [5.74, 6) is 2.33. The Morgan fingerprint density at radius 3 is 2.53 bits per heavy atom. The van der Waals surface area contributed by atoms with Gasteiger partial charge in [0.25, 0.3) is 0 Å². The summed E-state index contributed by atoms with van der Waals surface area (Å²) in [6.45, 7) is 0. The summed E-state index contributed by atoms with van der Waals surface area (Å²) in [6, 6.07) is 18.9. The number of rotatable bonds is 9. The molecule has 1 heterocycles. The van der Waals surface area contributed by atoms with Gasteiger partial charge >= 0.3 is 0 Å². The van der Waals surface area contributed by atoms with E-state index in [9.17, 15) is 0 Å². The quantitative estimate of drug-likeness (QED) is 0.312. The van der Waals surface area contributed by atoms with Crippen LogP contribution < -0.4 is 20.1 Å². The Labute approximate surface area is 213 Å². The van der Waals surface area contributed by atoms with Gasteiger partial charge in [-0.1, -0.05) is 18.2 Å². The van der Waals surface area contributed by atoms with Crippen molar-refractivity contribution in [2.24, 2.45) is 9.98 Å². The largest absolute Gasteiger partial charge is 0.493 e. The van der Waals surface area contributed by atoms with E-state index in [1.54, 1.807) is 27.5 Å². The summed E-state index contributed by atoms with van der Waals surface area (Å²) < 4.78 is 12.1. The molecule has 7 nitrogen and oxygen atoms in total. The van der Waals surface area contributed by atoms with Crippen LogP contribution in [0, 0.1) is 0 Å². The van der Waals surface area contributed by atoms with Gasteiger partial charge in [-0.05, 0) is 85.2 Å². The second kappa shape index (κ2) is 12.7. The Balaban J connectivity index is 1.68. The molecule has 1 aromatic heterocycles. The number of hydrogen-bond acceptors (Lipinski definition) is 5. The van der Waals surface area contributed by atoms with Crippen LogP contribution in [0.1, 0.15) is 48.3 Å². The zero-order valence-corrected chi connectivity index (χ0v) is 21.3. The van der Waals surface area contributed by atoms with E-state index < -0.39 is 0 Å². The zero-order valence-electron chi connectivity index (χ0n) is 21.3. The van der Waals surface area contributed by atoms with E-state index in [0.717, 1.165) is 36.4 Å². The Morgan fingerprint density at radius 2 is 1.81 bits per heavy atom. The summed E-state index contributed by atoms with van der Waals surface area (Å²) in [4.78, 5) is 12.4. The Bertz CT molecular complexity index is 1170. The number of anilines is 1. The average Bonchev–Trinajstić information content (AvgIpc) is 3.43. The maximum Gasteiger partial charge on any atom is 0.200 e. The zero-order chi connectivity index (χ0) is 25.2. The summed E-state index contributed by atoms with van der Waals surface area (Å²) in [6.07, 6.45) is 11.0. The van der Waals surface area contributed by atoms with Gasteiger partial charge in [0.05, 0.1) is 19.6 Å². The molecule has 3 aromatic rings. The summed E-state index contributed by atoms with van der Waals surface area (Å²) >= 11 is 0. The van der Waals surface area contributed by atoms with Crippen LogP contribution in [-0.4, -0.2) is 44.6 Å². The van der Waals surface area contributed by atoms with Gasteiger partial charge in [0.2, 0.25) is 5.96 Å². The lowest BCUT2D eigenvalue weighted by atomic mass is 9.85. The van der Waals surface area contributed by atoms with Crippen LogP contribution in [0.15, 0.2) is 77.0 Å². The summed E-state index contributed by atoms with van der Waals surface area (Å²) in [5, 5.41) is 6.40. The highest BCUT2D eigenvalue weighted by atomic mass is 16.5. The first-order valence-electron chi connectivity index (χ1n) is 12.4. The van der Waals surface area contributed by atoms with Crippen molar-refractivity contribution in [3.8, 4) is 11.5 Å². The maximum absolute atomic E-state index is 6.42. The van der Waals surface area contributed by atoms with Gasteiger partial charge in [-0.3, -0.25) is 15.0 Å². The van der Waals surface area contributed by atoms with E-state index in [-0.39, 0.29) is 12.0 Å². The van der Waals surface area contributed by atoms with Crippen LogP contribution >= 0.6 is 0 Å². The van der Waals surface area contributed by atoms with Crippen molar-refractivity contribution >= 4 is 18.0 Å². The minimum Gasteiger partial charge on any atom is -0.493 e. The highest BCUT2D eigenvalue weighted by Gasteiger charge is 2.22. The monoisotopic (exact) mass is 485 g/mol. The molecular weight excluding hydrogens is 450 g/mol. The lowest BCUT2D eigenvalue weighted by Gasteiger charge is -2.22. The van der Waals surface area contributed by atoms with Crippen molar-refractivity contribution in [1.29, 1.82) is 0 Å². The van der Waals surface area contributed by atoms with Gasteiger partial charge in [-0.15, -0.1) is 0 Å². The Kier molecular flexibility index (Phi) is 8.92. The van der Waals surface area contributed by atoms with E-state index in [1.807, 2.05) is 24.5 Å². The first-order chi connectivity index (χ1) is 17.7. The number of hydrogen-bond donors (Lipinski definition) is 2. The molecule has 1 aliphatic rings. The van der Waals surface area contributed by atoms with Crippen molar-refractivity contribution < 1.29 is 9.47 Å². The predicted molar refractivity (Wildman–Crippen MR) is 147 cm³/mol. The molecule has 0 amide bonds. The number of pyridine rings is 1. The fourth-order valence-corrected chi connectivity index (χ4v) is 4.62. The number of ether oxygens (including phenoxy) is 2. The predicted octanol–water partition coefficient (Wildman–Crippen LogP) is 5.43. The number of methoxy groups -OCH3 is 1. The van der Waals surface area contributed by atoms with Gasteiger partial charge in [0, 0.05) is 38.1 Å². The smallest absolute Gasteiger partial charge is 0.200 e. The molecule has 0 unspecified atom stereocenters. The van der Waals surface area contributed by atoms with E-state index in [1.165, 1.54) is 29.5 Å². The van der Waals surface area contributed by atoms with E-state index in [4.69, 9.17) is 9.47 Å². The molecule has 0 saturated heterocycles. The highest BCUT2D eigenvalue weighted by Crippen LogP contribution is 2.37. The molecule has 1 fully saturated rings. The minimum absolute atomic E-state index is 0.109. The number of nitrogens with zero attached hydrogens (tertiary/aromatic N) is 3. The third kappa shape index (κ3) is 6.62. The van der Waals surface area contributed by atoms with Crippen LogP contribution in [-0.2, 0) is 6.42 Å². The fraction of sp³-hybridized carbons (Fsp3) is 0.345. The molecule has 2 aromatic carbocycles. The number of aromatic nitrogens is 1. The van der Waals surface area contributed by atoms with Crippen molar-refractivity contribution in [1.82, 2.24) is 10.3 Å². The highest BCUT2D eigenvalue weighted by molar-refractivity contribution is 5.99. The Hall–Kier alpha value is -3.87. The maximum atomic E-state index is 6.42. The molecule has 0 aliphatic heterocycles. The molecule has 4 rings (SSSR count). The molecule has 188 valence electrons. The summed E-state index contributed by atoms with van der Waals surface area (Å²) in [7, 11) is 5.15. The fourth-order valence-electron chi connectivity index (χ4n) is 4.62. The second-order valence-electron chi connectivity index (χ2n) is 8.90. The number of aliphatic imine (C=N–C) groups is 2. The SMILES string of the molecule is CN=CNC(=NC)Nc1cccc([C@@H](Cc2ccncc2)c2ccc(OC)c(OC3CCCC3)c2)c1. The standard InChI is InChI=1S/C29H35N5O2/c1-30-20-33-29(31-2)34-24-8-6-7-22(18-24)26(17-21-13-15-32-16-14-21)23-11-12-27(35-3)28(19-23)36-25-9-4-5-10-25/h6-8,11-16,18-20,25-26H,4-5,9-10,17H2,1-3H3,(H2,30,31,33,34)/t26-/m1/s1. The first kappa shape index (κ1) is 25.2. The van der Waals surface area contributed by atoms with Crippen LogP contribution in [0.4, 0.5) is 5.69 Å². The molecule has 1 atom stereocenters. The van der Waals surface area contributed by atoms with Gasteiger partial charge in [0.15, 0.2) is 11.5 Å². The normalized spacial score (nSPS) is 15.1. The third-order valence-electron chi connectivity index (χ3n) is 6.48. The van der Waals surface area contributed by atoms with Gasteiger partial charge in [-0.2, -0.15) is 0 Å². The van der Waals surface area contributed by atoms with Crippen LogP contribution in [0.5, 0.6) is 11.5 Å². The first-order valence-corrected chi connectivity index (χ1v) is 12.4. The molecule has 1 aliphatic carbocycles. The topological polar surface area (TPSA) is 80.1 Å². The molecule has 36 heavy (non-hydrogen) atoms. The molecule has 0 radical (unpaired) electrons. The van der Waals surface area contributed by atoms with E-state index in [0.29, 0.717) is 5.96 Å². The van der Waals surface area contributed by atoms with Gasteiger partial charge < -0.3 is 20.1 Å². The van der Waals surface area contributed by atoms with Crippen molar-refractivity contribution in [2.45, 2.75) is 44.1 Å². The van der Waals surface area contributed by atoms with E-state index in [2.05, 4.69) is 68.1 Å². The second-order valence-corrected chi connectivity index (χ2v) is 8.90. The molecule has 2 N–H and O–H groups in total. The van der Waals surface area contributed by atoms with Crippen molar-refractivity contribution in [3.63, 3.8) is 0 Å². The van der Waals surface area contributed by atoms with Crippen LogP contribution in [0.3, 0.4) is 0 Å². The molecule has 0 bridgehead atoms. The number of benzene rings is 2.